The Kier molecular flexibility index (Phi) is 5.25. The number of nitrogens with zero attached hydrogens (tertiary/aromatic N) is 8. The molecule has 12 heteroatoms. The van der Waals surface area contributed by atoms with E-state index < -0.39 is 0 Å². The van der Waals surface area contributed by atoms with Crippen molar-refractivity contribution in [2.75, 3.05) is 5.32 Å². The van der Waals surface area contributed by atoms with Crippen molar-refractivity contribution in [1.29, 1.82) is 0 Å². The first-order valence-corrected chi connectivity index (χ1v) is 10.8. The van der Waals surface area contributed by atoms with Crippen molar-refractivity contribution in [3.05, 3.63) is 17.4 Å². The van der Waals surface area contributed by atoms with Crippen LogP contribution in [0.1, 0.15) is 63.6 Å². The number of hydrogen-bond acceptors (Lipinski definition) is 9. The van der Waals surface area contributed by atoms with E-state index in [1.807, 2.05) is 11.5 Å². The summed E-state index contributed by atoms with van der Waals surface area (Å²) in [6, 6.07) is 0.598. The molecule has 2 fully saturated rings. The molecule has 11 nitrogen and oxygen atoms in total. The number of aromatic nitrogens is 8. The number of anilines is 1. The van der Waals surface area contributed by atoms with Gasteiger partial charge in [0.15, 0.2) is 17.0 Å². The molecule has 1 saturated heterocycles. The second-order valence-corrected chi connectivity index (χ2v) is 8.25. The molecule has 0 bridgehead atoms. The van der Waals surface area contributed by atoms with Crippen LogP contribution in [0.25, 0.3) is 11.2 Å². The second-order valence-electron chi connectivity index (χ2n) is 7.91. The minimum atomic E-state index is -0.222. The first-order valence-electron chi connectivity index (χ1n) is 10.5. The van der Waals surface area contributed by atoms with Crippen LogP contribution in [0.5, 0.6) is 0 Å². The minimum absolute atomic E-state index is 0.182. The van der Waals surface area contributed by atoms with Gasteiger partial charge < -0.3 is 15.8 Å². The largest absolute Gasteiger partial charge is 0.365 e. The van der Waals surface area contributed by atoms with E-state index in [2.05, 4.69) is 35.7 Å². The summed E-state index contributed by atoms with van der Waals surface area (Å²) >= 11 is 6.25. The molecule has 3 N–H and O–H groups in total. The first-order chi connectivity index (χ1) is 14.6. The highest BCUT2D eigenvalue weighted by Crippen LogP contribution is 2.38. The number of hydrogen-bond donors (Lipinski definition) is 2. The molecule has 1 saturated carbocycles. The van der Waals surface area contributed by atoms with Crippen LogP contribution in [0.3, 0.4) is 0 Å². The molecule has 1 aliphatic carbocycles. The number of aryl methyl sites for hydroxylation is 1. The Labute approximate surface area is 178 Å². The highest BCUT2D eigenvalue weighted by molar-refractivity contribution is 6.28. The summed E-state index contributed by atoms with van der Waals surface area (Å²) in [4.78, 5) is 14.9. The van der Waals surface area contributed by atoms with Crippen LogP contribution in [0.4, 0.5) is 5.82 Å². The summed E-state index contributed by atoms with van der Waals surface area (Å²) in [6.45, 7) is 2.64. The van der Waals surface area contributed by atoms with Gasteiger partial charge in [-0.05, 0) is 62.3 Å². The molecular formula is C18H25ClN10O. The van der Waals surface area contributed by atoms with E-state index in [0.29, 0.717) is 35.4 Å². The van der Waals surface area contributed by atoms with Gasteiger partial charge in [-0.15, -0.1) is 10.2 Å². The number of nitrogens with one attached hydrogen (secondary N) is 1. The number of fused-ring (bicyclic) bond motifs is 1. The Balaban J connectivity index is 1.37. The van der Waals surface area contributed by atoms with Crippen LogP contribution in [0.15, 0.2) is 6.33 Å². The van der Waals surface area contributed by atoms with Gasteiger partial charge in [-0.3, -0.25) is 4.57 Å². The fourth-order valence-electron chi connectivity index (χ4n) is 4.19. The lowest BCUT2D eigenvalue weighted by Gasteiger charge is -2.27. The van der Waals surface area contributed by atoms with Gasteiger partial charge in [-0.2, -0.15) is 14.8 Å². The monoisotopic (exact) mass is 432 g/mol. The molecule has 160 valence electrons. The van der Waals surface area contributed by atoms with E-state index in [4.69, 9.17) is 22.1 Å². The molecule has 0 radical (unpaired) electrons. The number of tetrazole rings is 1. The topological polar surface area (TPSA) is 134 Å². The van der Waals surface area contributed by atoms with Crippen molar-refractivity contribution in [2.24, 2.45) is 5.73 Å². The maximum atomic E-state index is 6.25. The quantitative estimate of drug-likeness (QED) is 0.581. The summed E-state index contributed by atoms with van der Waals surface area (Å²) in [5.74, 6) is 1.26. The Morgan fingerprint density at radius 1 is 1.20 bits per heavy atom. The summed E-state index contributed by atoms with van der Waals surface area (Å²) in [6.07, 6.45) is 6.92. The van der Waals surface area contributed by atoms with Gasteiger partial charge in [0.25, 0.3) is 0 Å². The van der Waals surface area contributed by atoms with Crippen molar-refractivity contribution >= 4 is 28.6 Å². The third kappa shape index (κ3) is 3.72. The van der Waals surface area contributed by atoms with Gasteiger partial charge >= 0.3 is 0 Å². The van der Waals surface area contributed by atoms with Gasteiger partial charge in [-0.25, -0.2) is 4.98 Å². The predicted octanol–water partition coefficient (Wildman–Crippen LogP) is 2.22. The van der Waals surface area contributed by atoms with Crippen LogP contribution >= 0.6 is 11.6 Å². The van der Waals surface area contributed by atoms with E-state index in [-0.39, 0.29) is 23.7 Å². The van der Waals surface area contributed by atoms with Gasteiger partial charge in [-0.1, -0.05) is 0 Å². The van der Waals surface area contributed by atoms with Crippen LogP contribution in [0.2, 0.25) is 5.28 Å². The molecule has 0 unspecified atom stereocenters. The lowest BCUT2D eigenvalue weighted by molar-refractivity contribution is -0.000975. The van der Waals surface area contributed by atoms with Crippen molar-refractivity contribution < 1.29 is 4.74 Å². The molecule has 3 aromatic rings. The van der Waals surface area contributed by atoms with E-state index in [0.717, 1.165) is 38.5 Å². The smallest absolute Gasteiger partial charge is 0.226 e. The fraction of sp³-hybridized carbons (Fsp3) is 0.667. The van der Waals surface area contributed by atoms with Crippen LogP contribution in [-0.2, 0) is 11.3 Å². The number of imidazole rings is 1. The van der Waals surface area contributed by atoms with Gasteiger partial charge in [0.1, 0.15) is 12.3 Å². The van der Waals surface area contributed by atoms with Crippen molar-refractivity contribution in [1.82, 2.24) is 39.7 Å². The fourth-order valence-corrected chi connectivity index (χ4v) is 4.36. The summed E-state index contributed by atoms with van der Waals surface area (Å²) < 4.78 is 8.12. The maximum absolute atomic E-state index is 6.25. The van der Waals surface area contributed by atoms with E-state index >= 15 is 0 Å². The van der Waals surface area contributed by atoms with Crippen LogP contribution in [-0.4, -0.2) is 51.8 Å². The van der Waals surface area contributed by atoms with Crippen molar-refractivity contribution in [2.45, 2.75) is 76.4 Å². The molecule has 2 atom stereocenters. The molecule has 2 aliphatic rings. The Morgan fingerprint density at radius 2 is 2.03 bits per heavy atom. The van der Waals surface area contributed by atoms with Gasteiger partial charge in [0, 0.05) is 12.1 Å². The highest BCUT2D eigenvalue weighted by atomic mass is 35.5. The number of rotatable bonds is 5. The molecule has 4 heterocycles. The zero-order valence-corrected chi connectivity index (χ0v) is 17.5. The summed E-state index contributed by atoms with van der Waals surface area (Å²) in [5.41, 5.74) is 7.37. The van der Waals surface area contributed by atoms with Crippen molar-refractivity contribution in [3.8, 4) is 0 Å². The first kappa shape index (κ1) is 19.6. The molecular weight excluding hydrogens is 408 g/mol. The highest BCUT2D eigenvalue weighted by Gasteiger charge is 2.32. The molecule has 1 aliphatic heterocycles. The Hall–Kier alpha value is -2.37. The molecule has 0 amide bonds. The lowest BCUT2D eigenvalue weighted by Crippen LogP contribution is -2.33. The average molecular weight is 433 g/mol. The molecule has 5 rings (SSSR count). The molecule has 0 spiro atoms. The predicted molar refractivity (Wildman–Crippen MR) is 110 cm³/mol. The van der Waals surface area contributed by atoms with Crippen LogP contribution in [0, 0.1) is 0 Å². The SMILES string of the molecule is CCn1nnc([C@H]2CC[C@H](n3cnc4c(NC5CCC(N)CC5)nc(Cl)nc43)O2)n1. The van der Waals surface area contributed by atoms with E-state index in [9.17, 15) is 0 Å². The van der Waals surface area contributed by atoms with Crippen molar-refractivity contribution in [3.63, 3.8) is 0 Å². The minimum Gasteiger partial charge on any atom is -0.365 e. The zero-order valence-electron chi connectivity index (χ0n) is 16.8. The third-order valence-electron chi connectivity index (χ3n) is 5.85. The standard InChI is InChI=1S/C18H25ClN10O/c1-2-29-26-15(25-27-29)12-7-8-13(30-12)28-9-21-14-16(23-18(19)24-17(14)28)22-11-5-3-10(20)4-6-11/h9-13H,2-8,20H2,1H3,(H,22,23,24)/t10?,11?,12-,13-/m1/s1. The third-order valence-corrected chi connectivity index (χ3v) is 6.02. The van der Waals surface area contributed by atoms with Gasteiger partial charge in [0.2, 0.25) is 11.1 Å². The Bertz CT molecular complexity index is 1030. The second kappa shape index (κ2) is 8.05. The molecule has 30 heavy (non-hydrogen) atoms. The average Bonchev–Trinajstić information content (AvgIpc) is 3.48. The molecule has 0 aromatic carbocycles. The number of halogens is 1. The summed E-state index contributed by atoms with van der Waals surface area (Å²) in [5, 5.41) is 16.2. The normalized spacial score (nSPS) is 27.0. The maximum Gasteiger partial charge on any atom is 0.226 e. The van der Waals surface area contributed by atoms with E-state index in [1.165, 1.54) is 0 Å². The zero-order chi connectivity index (χ0) is 20.7. The summed E-state index contributed by atoms with van der Waals surface area (Å²) in [7, 11) is 0. The van der Waals surface area contributed by atoms with Gasteiger partial charge in [0.05, 0.1) is 12.9 Å². The molecule has 3 aromatic heterocycles. The Morgan fingerprint density at radius 3 is 2.80 bits per heavy atom. The lowest BCUT2D eigenvalue weighted by atomic mass is 9.92. The number of nitrogens with two attached hydrogens (primary N) is 1. The number of ether oxygens (including phenoxy) is 1. The van der Waals surface area contributed by atoms with Crippen LogP contribution < -0.4 is 11.1 Å². The van der Waals surface area contributed by atoms with E-state index in [1.54, 1.807) is 11.1 Å².